The second-order valence-electron chi connectivity index (χ2n) is 12.9. The third kappa shape index (κ3) is 6.06. The van der Waals surface area contributed by atoms with Gasteiger partial charge in [-0.25, -0.2) is 0 Å². The Balaban J connectivity index is 1.93. The van der Waals surface area contributed by atoms with Crippen LogP contribution in [0.1, 0.15) is 59.4 Å². The number of carbonyl (C=O) groups is 1. The van der Waals surface area contributed by atoms with Crippen LogP contribution in [0.15, 0.2) is 36.4 Å². The Bertz CT molecular complexity index is 952. The zero-order valence-electron chi connectivity index (χ0n) is 24.4. The van der Waals surface area contributed by atoms with Crippen LogP contribution in [0.25, 0.3) is 0 Å². The Morgan fingerprint density at radius 1 is 1.08 bits per heavy atom. The number of ether oxygens (including phenoxy) is 4. The number of ketones is 1. The summed E-state index contributed by atoms with van der Waals surface area (Å²) in [4.78, 5) is 13.5. The van der Waals surface area contributed by atoms with E-state index >= 15 is 0 Å². The maximum absolute atomic E-state index is 13.5. The molecule has 0 amide bonds. The van der Waals surface area contributed by atoms with Gasteiger partial charge in [-0.2, -0.15) is 0 Å². The minimum absolute atomic E-state index is 0.000245. The number of Topliss-reactive ketones (excluding diaryl/α,β-unsaturated/α-hetero) is 1. The smallest absolute Gasteiger partial charge is 0.192 e. The summed E-state index contributed by atoms with van der Waals surface area (Å²) in [6.45, 7) is 21.1. The van der Waals surface area contributed by atoms with Gasteiger partial charge in [-0.05, 0) is 54.2 Å². The van der Waals surface area contributed by atoms with Crippen LogP contribution in [0.2, 0.25) is 18.1 Å². The Labute approximate surface area is 225 Å². The normalized spacial score (nSPS) is 30.8. The number of hydrogen-bond donors (Lipinski definition) is 0. The zero-order valence-corrected chi connectivity index (χ0v) is 25.4. The summed E-state index contributed by atoms with van der Waals surface area (Å²) in [6.07, 6.45) is 2.01. The fourth-order valence-corrected chi connectivity index (χ4v) is 7.55. The molecule has 0 unspecified atom stereocenters. The summed E-state index contributed by atoms with van der Waals surface area (Å²) in [5.41, 5.74) is 0.686. The molecule has 1 aromatic carbocycles. The third-order valence-corrected chi connectivity index (χ3v) is 13.7. The van der Waals surface area contributed by atoms with E-state index in [1.165, 1.54) is 0 Å². The van der Waals surface area contributed by atoms with Gasteiger partial charge in [0.05, 0.1) is 32.5 Å². The highest BCUT2D eigenvalue weighted by Gasteiger charge is 2.63. The molecule has 1 aromatic rings. The Kier molecular flexibility index (Phi) is 9.18. The van der Waals surface area contributed by atoms with Crippen molar-refractivity contribution in [1.82, 2.24) is 0 Å². The van der Waals surface area contributed by atoms with E-state index in [9.17, 15) is 4.79 Å². The van der Waals surface area contributed by atoms with Crippen LogP contribution in [-0.4, -0.2) is 53.9 Å². The lowest BCUT2D eigenvalue weighted by atomic mass is 9.48. The summed E-state index contributed by atoms with van der Waals surface area (Å²) in [5, 5.41) is 0.0787. The molecule has 6 nitrogen and oxygen atoms in total. The van der Waals surface area contributed by atoms with Gasteiger partial charge in [0.15, 0.2) is 14.1 Å². The maximum Gasteiger partial charge on any atom is 0.192 e. The average molecular weight is 533 g/mol. The Morgan fingerprint density at radius 2 is 1.73 bits per heavy atom. The Morgan fingerprint density at radius 3 is 2.30 bits per heavy atom. The first kappa shape index (κ1) is 30.0. The molecule has 0 radical (unpaired) electrons. The topological polar surface area (TPSA) is 63.2 Å². The Hall–Kier alpha value is -1.51. The number of rotatable bonds is 10. The average Bonchev–Trinajstić information content (AvgIpc) is 2.82. The lowest BCUT2D eigenvalue weighted by Crippen LogP contribution is -2.64. The summed E-state index contributed by atoms with van der Waals surface area (Å²) in [5.74, 6) is 0.913. The van der Waals surface area contributed by atoms with E-state index in [-0.39, 0.29) is 35.7 Å². The molecule has 2 aliphatic carbocycles. The molecular weight excluding hydrogens is 484 g/mol. The molecule has 208 valence electrons. The first-order chi connectivity index (χ1) is 17.2. The predicted molar refractivity (Wildman–Crippen MR) is 149 cm³/mol. The monoisotopic (exact) mass is 532 g/mol. The van der Waals surface area contributed by atoms with E-state index in [1.807, 2.05) is 24.3 Å². The van der Waals surface area contributed by atoms with E-state index in [1.54, 1.807) is 14.2 Å². The molecule has 2 fully saturated rings. The largest absolute Gasteiger partial charge is 0.497 e. The highest BCUT2D eigenvalue weighted by atomic mass is 28.4. The van der Waals surface area contributed by atoms with Crippen LogP contribution in [0, 0.1) is 16.7 Å². The summed E-state index contributed by atoms with van der Waals surface area (Å²) in [6, 6.07) is 7.86. The van der Waals surface area contributed by atoms with Gasteiger partial charge in [0, 0.05) is 30.3 Å². The molecule has 0 saturated heterocycles. The molecule has 0 bridgehead atoms. The molecule has 0 aromatic heterocycles. The molecule has 37 heavy (non-hydrogen) atoms. The fraction of sp³-hybridized carbons (Fsp3) is 0.700. The van der Waals surface area contributed by atoms with Gasteiger partial charge in [0.1, 0.15) is 12.5 Å². The fourth-order valence-electron chi connectivity index (χ4n) is 6.10. The van der Waals surface area contributed by atoms with Crippen LogP contribution in [0.4, 0.5) is 0 Å². The molecule has 2 saturated carbocycles. The molecule has 0 aliphatic heterocycles. The quantitative estimate of drug-likeness (QED) is 0.194. The van der Waals surface area contributed by atoms with Crippen molar-refractivity contribution in [2.24, 2.45) is 16.7 Å². The van der Waals surface area contributed by atoms with Crippen LogP contribution >= 0.6 is 0 Å². The third-order valence-electron chi connectivity index (χ3n) is 9.26. The highest BCUT2D eigenvalue weighted by Crippen LogP contribution is 2.60. The number of benzene rings is 1. The molecule has 0 N–H and O–H groups in total. The molecule has 3 rings (SSSR count). The van der Waals surface area contributed by atoms with Crippen molar-refractivity contribution in [2.45, 2.75) is 90.8 Å². The van der Waals surface area contributed by atoms with Gasteiger partial charge in [-0.1, -0.05) is 53.3 Å². The van der Waals surface area contributed by atoms with Gasteiger partial charge in [-0.3, -0.25) is 4.79 Å². The van der Waals surface area contributed by atoms with E-state index in [0.29, 0.717) is 25.2 Å². The minimum Gasteiger partial charge on any atom is -0.497 e. The van der Waals surface area contributed by atoms with Crippen LogP contribution in [0.5, 0.6) is 5.75 Å². The van der Waals surface area contributed by atoms with Crippen molar-refractivity contribution in [3.63, 3.8) is 0 Å². The first-order valence-corrected chi connectivity index (χ1v) is 16.3. The molecule has 2 aliphatic rings. The van der Waals surface area contributed by atoms with E-state index in [4.69, 9.17) is 23.4 Å². The van der Waals surface area contributed by atoms with Crippen molar-refractivity contribution in [3.05, 3.63) is 42.0 Å². The van der Waals surface area contributed by atoms with Crippen molar-refractivity contribution >= 4 is 14.1 Å². The SMILES string of the molecule is C=C1C(=O)C[C@@]2(C)[C@H](O[Si](C)(C)C(C)(C)C)CC[C@@H](OCOC)[C@@H]2[C@]1(C)COCc1ccc(OC)cc1. The first-order valence-electron chi connectivity index (χ1n) is 13.4. The number of carbonyl (C=O) groups excluding carboxylic acids is 1. The van der Waals surface area contributed by atoms with E-state index in [2.05, 4.69) is 54.3 Å². The maximum atomic E-state index is 13.5. The lowest BCUT2D eigenvalue weighted by molar-refractivity contribution is -0.200. The van der Waals surface area contributed by atoms with Crippen LogP contribution in [-0.2, 0) is 30.0 Å². The van der Waals surface area contributed by atoms with Gasteiger partial charge in [-0.15, -0.1) is 0 Å². The second-order valence-corrected chi connectivity index (χ2v) is 17.6. The molecular formula is C30H48O6Si. The molecule has 7 heteroatoms. The van der Waals surface area contributed by atoms with E-state index < -0.39 is 19.1 Å². The summed E-state index contributed by atoms with van der Waals surface area (Å²) >= 11 is 0. The molecule has 0 heterocycles. The molecule has 0 spiro atoms. The van der Waals surface area contributed by atoms with Crippen molar-refractivity contribution < 1.29 is 28.2 Å². The number of hydrogen-bond acceptors (Lipinski definition) is 6. The van der Waals surface area contributed by atoms with Gasteiger partial charge in [0.25, 0.3) is 0 Å². The van der Waals surface area contributed by atoms with Crippen molar-refractivity contribution in [2.75, 3.05) is 27.6 Å². The minimum atomic E-state index is -2.07. The number of fused-ring (bicyclic) bond motifs is 1. The standard InChI is InChI=1S/C30H48O6Si/c1-21-24(31)17-29(5)26(36-37(9,10)28(2,3)4)16-15-25(35-20-32-7)27(29)30(21,6)19-34-18-22-11-13-23(33-8)14-12-22/h11-14,25-27H,1,15-20H2,2-10H3/t25-,26-,27+,29+,30-/m1/s1. The zero-order chi connectivity index (χ0) is 27.6. The lowest BCUT2D eigenvalue weighted by Gasteiger charge is -2.61. The summed E-state index contributed by atoms with van der Waals surface area (Å²) in [7, 11) is 1.23. The van der Waals surface area contributed by atoms with Gasteiger partial charge >= 0.3 is 0 Å². The van der Waals surface area contributed by atoms with Crippen molar-refractivity contribution in [3.8, 4) is 5.75 Å². The van der Waals surface area contributed by atoms with Gasteiger partial charge in [0.2, 0.25) is 0 Å². The number of methoxy groups -OCH3 is 2. The van der Waals surface area contributed by atoms with Crippen LogP contribution in [0.3, 0.4) is 0 Å². The van der Waals surface area contributed by atoms with Crippen molar-refractivity contribution in [1.29, 1.82) is 0 Å². The van der Waals surface area contributed by atoms with Crippen LogP contribution < -0.4 is 4.74 Å². The predicted octanol–water partition coefficient (Wildman–Crippen LogP) is 6.54. The van der Waals surface area contributed by atoms with Gasteiger partial charge < -0.3 is 23.4 Å². The summed E-state index contributed by atoms with van der Waals surface area (Å²) < 4.78 is 30.2. The highest BCUT2D eigenvalue weighted by molar-refractivity contribution is 6.74. The second kappa shape index (κ2) is 11.3. The molecule has 5 atom stereocenters. The van der Waals surface area contributed by atoms with E-state index in [0.717, 1.165) is 24.2 Å².